The molecule has 1 spiro atoms. The molecule has 0 aromatic carbocycles. The maximum absolute atomic E-state index is 7.50. The quantitative estimate of drug-likeness (QED) is 0.227. The largest absolute Gasteiger partial charge is 0 e. The summed E-state index contributed by atoms with van der Waals surface area (Å²) < 4.78 is 56.9. The topological polar surface area (TPSA) is 138 Å². The molecule has 1 saturated heterocycles. The summed E-state index contributed by atoms with van der Waals surface area (Å²) >= 11 is 0. The number of ether oxygens (including phenoxy) is 2. The second kappa shape index (κ2) is 33.3. The van der Waals surface area contributed by atoms with E-state index in [-0.39, 0.29) is 44.9 Å². The summed E-state index contributed by atoms with van der Waals surface area (Å²) in [7, 11) is 0. The average molecular weight is 520 g/mol. The molecule has 0 aromatic rings. The van der Waals surface area contributed by atoms with E-state index >= 15 is 0 Å². The second-order valence-corrected chi connectivity index (χ2v) is 5.58. The molecule has 0 bridgehead atoms. The van der Waals surface area contributed by atoms with E-state index in [2.05, 4.69) is 72.7 Å². The van der Waals surface area contributed by atoms with Crippen LogP contribution in [0.15, 0.2) is 11.6 Å². The summed E-state index contributed by atoms with van der Waals surface area (Å²) in [6, 6.07) is 0. The Hall–Kier alpha value is -1.33. The smallest absolute Gasteiger partial charge is 0 e. The average Bonchev–Trinajstić information content (AvgIpc) is 3.30. The summed E-state index contributed by atoms with van der Waals surface area (Å²) in [6.45, 7) is 34.7. The standard InChI is InChI=1S/C15H22O2.6CO.2Co/c1-5-12-7-8-15(16-9-10-17-15)13(11-12)14(3,4)6-2;6*1-2;;/h2,5,13H,7-11H2,1,3-4H3;;;;;;;;/b12-5+;;;;;;;;. The van der Waals surface area contributed by atoms with E-state index in [9.17, 15) is 0 Å². The number of allylic oxidation sites excluding steroid dienone is 2. The first-order valence-corrected chi connectivity index (χ1v) is 7.66. The molecule has 0 N–H and O–H groups in total. The molecule has 1 unspecified atom stereocenters. The first-order valence-electron chi connectivity index (χ1n) is 7.66. The van der Waals surface area contributed by atoms with Gasteiger partial charge in [0.05, 0.1) is 13.2 Å². The van der Waals surface area contributed by atoms with E-state index < -0.39 is 5.79 Å². The Morgan fingerprint density at radius 1 is 0.903 bits per heavy atom. The van der Waals surface area contributed by atoms with Gasteiger partial charge in [-0.05, 0) is 33.6 Å². The molecule has 0 aromatic heterocycles. The summed E-state index contributed by atoms with van der Waals surface area (Å²) in [5.74, 6) is 2.74. The van der Waals surface area contributed by atoms with Crippen LogP contribution >= 0.6 is 0 Å². The van der Waals surface area contributed by atoms with Crippen LogP contribution in [0.3, 0.4) is 0 Å². The van der Waals surface area contributed by atoms with Gasteiger partial charge in [0.2, 0.25) is 0 Å². The number of hydrogen-bond acceptors (Lipinski definition) is 2. The Morgan fingerprint density at radius 2 is 1.26 bits per heavy atom. The molecule has 2 aliphatic rings. The van der Waals surface area contributed by atoms with Crippen molar-refractivity contribution in [1.82, 2.24) is 0 Å². The molecular formula is C21H22Co2O8. The molecule has 31 heavy (non-hydrogen) atoms. The van der Waals surface area contributed by atoms with E-state index in [0.29, 0.717) is 13.2 Å². The predicted molar refractivity (Wildman–Crippen MR) is 91.9 cm³/mol. The number of hydrogen-bond donors (Lipinski definition) is 0. The van der Waals surface area contributed by atoms with Crippen LogP contribution in [0.5, 0.6) is 0 Å². The zero-order chi connectivity index (χ0) is 24.5. The van der Waals surface area contributed by atoms with Crippen molar-refractivity contribution in [3.63, 3.8) is 0 Å². The van der Waals surface area contributed by atoms with Crippen molar-refractivity contribution in [3.8, 4) is 12.3 Å². The van der Waals surface area contributed by atoms with Crippen molar-refractivity contribution in [1.29, 1.82) is 0 Å². The van der Waals surface area contributed by atoms with E-state index in [0.717, 1.165) is 19.3 Å². The van der Waals surface area contributed by atoms with Gasteiger partial charge in [-0.1, -0.05) is 11.6 Å². The van der Waals surface area contributed by atoms with E-state index in [4.69, 9.17) is 43.8 Å². The minimum Gasteiger partial charge on any atom is 0 e. The molecule has 10 heteroatoms. The summed E-state index contributed by atoms with van der Waals surface area (Å²) in [5, 5.41) is 0. The Morgan fingerprint density at radius 3 is 1.55 bits per heavy atom. The van der Waals surface area contributed by atoms with Gasteiger partial charge in [-0.15, -0.1) is 12.3 Å². The van der Waals surface area contributed by atoms with Crippen LogP contribution in [0.4, 0.5) is 0 Å². The Kier molecular flexibility index (Phi) is 51.0. The van der Waals surface area contributed by atoms with Gasteiger partial charge in [-0.25, -0.2) is 0 Å². The normalized spacial score (nSPS) is 17.2. The molecule has 0 amide bonds. The van der Waals surface area contributed by atoms with Crippen molar-refractivity contribution in [2.24, 2.45) is 11.3 Å². The Labute approximate surface area is 205 Å². The van der Waals surface area contributed by atoms with Crippen LogP contribution in [0.2, 0.25) is 0 Å². The van der Waals surface area contributed by atoms with Crippen molar-refractivity contribution in [3.05, 3.63) is 51.6 Å². The van der Waals surface area contributed by atoms with Gasteiger partial charge in [-0.2, -0.15) is 0 Å². The van der Waals surface area contributed by atoms with E-state index in [1.807, 2.05) is 0 Å². The Bertz CT molecular complexity index is 554. The maximum atomic E-state index is 7.50. The Balaban J connectivity index is -0.0000000716. The van der Waals surface area contributed by atoms with E-state index in [1.54, 1.807) is 0 Å². The third-order valence-electron chi connectivity index (χ3n) is 4.22. The zero-order valence-corrected chi connectivity index (χ0v) is 19.3. The summed E-state index contributed by atoms with van der Waals surface area (Å²) in [5.41, 5.74) is 1.28. The van der Waals surface area contributed by atoms with Gasteiger partial charge in [0.25, 0.3) is 0 Å². The third-order valence-corrected chi connectivity index (χ3v) is 4.22. The molecule has 1 aliphatic heterocycles. The second-order valence-electron chi connectivity index (χ2n) is 5.58. The predicted octanol–water partition coefficient (Wildman–Crippen LogP) is 2.91. The van der Waals surface area contributed by atoms with Crippen molar-refractivity contribution in [2.75, 3.05) is 13.2 Å². The fourth-order valence-corrected chi connectivity index (χ4v) is 3.01. The molecule has 2 rings (SSSR count). The molecule has 1 saturated carbocycles. The molecule has 172 valence electrons. The van der Waals surface area contributed by atoms with Gasteiger partial charge in [0.1, 0.15) is 0 Å². The van der Waals surface area contributed by atoms with Crippen LogP contribution in [0, 0.1) is 63.6 Å². The van der Waals surface area contributed by atoms with E-state index in [1.165, 1.54) is 5.57 Å². The molecule has 8 nitrogen and oxygen atoms in total. The first kappa shape index (κ1) is 47.5. The van der Waals surface area contributed by atoms with Gasteiger partial charge in [0, 0.05) is 51.3 Å². The van der Waals surface area contributed by atoms with Crippen molar-refractivity contribution >= 4 is 0 Å². The molecule has 1 heterocycles. The molecule has 1 atom stereocenters. The zero-order valence-electron chi connectivity index (χ0n) is 17.2. The fraction of sp³-hybridized carbons (Fsp3) is 0.524. The first-order chi connectivity index (χ1) is 14.0. The molecular weight excluding hydrogens is 498 g/mol. The molecule has 2 radical (unpaired) electrons. The summed E-state index contributed by atoms with van der Waals surface area (Å²) in [4.78, 5) is 0. The van der Waals surface area contributed by atoms with Crippen LogP contribution in [0.25, 0.3) is 0 Å². The monoisotopic (exact) mass is 520 g/mol. The van der Waals surface area contributed by atoms with Crippen LogP contribution < -0.4 is 0 Å². The summed E-state index contributed by atoms with van der Waals surface area (Å²) in [6.07, 6.45) is 10.9. The van der Waals surface area contributed by atoms with Crippen molar-refractivity contribution in [2.45, 2.75) is 45.8 Å². The number of rotatable bonds is 1. The fourth-order valence-electron chi connectivity index (χ4n) is 3.01. The van der Waals surface area contributed by atoms with Crippen molar-refractivity contribution < 1.29 is 70.9 Å². The molecule has 1 aliphatic carbocycles. The maximum Gasteiger partial charge on any atom is 0 e. The van der Waals surface area contributed by atoms with Gasteiger partial charge in [-0.3, -0.25) is 0 Å². The SMILES string of the molecule is C#CC(C)(C)C1C/C(=C/C)CCC12OCCO2.[C-]#[O+].[C-]#[O+].[C-]#[O+].[C-]#[O+].[C-]#[O+].[C-]#[O+].[Co].[Co]. The number of terminal acetylenes is 1. The van der Waals surface area contributed by atoms with Gasteiger partial charge >= 0.3 is 67.8 Å². The van der Waals surface area contributed by atoms with Crippen LogP contribution in [0.1, 0.15) is 40.0 Å². The van der Waals surface area contributed by atoms with Gasteiger partial charge < -0.3 is 9.47 Å². The van der Waals surface area contributed by atoms with Crippen LogP contribution in [-0.2, 0) is 70.9 Å². The molecule has 2 fully saturated rings. The van der Waals surface area contributed by atoms with Crippen LogP contribution in [-0.4, -0.2) is 19.0 Å². The minimum atomic E-state index is -0.428. The third kappa shape index (κ3) is 17.0. The van der Waals surface area contributed by atoms with Gasteiger partial charge in [0.15, 0.2) is 5.79 Å². The minimum absolute atomic E-state index is 0.